The minimum Gasteiger partial charge on any atom is -0.383 e. The van der Waals surface area contributed by atoms with Crippen LogP contribution in [-0.4, -0.2) is 57.8 Å². The molecule has 1 N–H and O–H groups in total. The topological polar surface area (TPSA) is 89.3 Å². The first-order chi connectivity index (χ1) is 15.6. The number of thiazole rings is 1. The highest BCUT2D eigenvalue weighted by atomic mass is 32.1. The Morgan fingerprint density at radius 1 is 1.24 bits per heavy atom. The van der Waals surface area contributed by atoms with Crippen LogP contribution in [0.1, 0.15) is 65.6 Å². The standard InChI is InChI=1S/C24H31N5O3S/c1-14-9-10-16(12-15(14)2)21(30)26-23-25-20-19(33-23)18(27-29(20)24(3,4)5)22(31)28-11-7-8-17(28)13-32-6/h9-10,12,17H,7-8,11,13H2,1-6H3,(H,25,26,30)/t17-/m0/s1. The number of nitrogens with zero attached hydrogens (tertiary/aromatic N) is 4. The fourth-order valence-corrected chi connectivity index (χ4v) is 5.04. The highest BCUT2D eigenvalue weighted by Gasteiger charge is 2.34. The van der Waals surface area contributed by atoms with E-state index < -0.39 is 0 Å². The summed E-state index contributed by atoms with van der Waals surface area (Å²) in [5.74, 6) is -0.337. The number of aromatic nitrogens is 3. The maximum absolute atomic E-state index is 13.5. The summed E-state index contributed by atoms with van der Waals surface area (Å²) in [6.45, 7) is 11.2. The van der Waals surface area contributed by atoms with Crippen LogP contribution in [0.3, 0.4) is 0 Å². The largest absolute Gasteiger partial charge is 0.383 e. The molecular formula is C24H31N5O3S. The van der Waals surface area contributed by atoms with Crippen LogP contribution in [0, 0.1) is 13.8 Å². The number of likely N-dealkylation sites (tertiary alicyclic amines) is 1. The zero-order valence-electron chi connectivity index (χ0n) is 20.1. The van der Waals surface area contributed by atoms with E-state index in [1.807, 2.05) is 51.7 Å². The summed E-state index contributed by atoms with van der Waals surface area (Å²) in [4.78, 5) is 32.9. The third-order valence-corrected chi connectivity index (χ3v) is 7.02. The molecule has 0 saturated carbocycles. The SMILES string of the molecule is COC[C@@H]1CCCN1C(=O)c1nn(C(C)(C)C)c2nc(NC(=O)c3ccc(C)c(C)c3)sc12. The van der Waals surface area contributed by atoms with Crippen molar-refractivity contribution in [1.82, 2.24) is 19.7 Å². The number of anilines is 1. The summed E-state index contributed by atoms with van der Waals surface area (Å²) < 4.78 is 7.78. The van der Waals surface area contributed by atoms with Crippen molar-refractivity contribution in [3.8, 4) is 0 Å². The number of fused-ring (bicyclic) bond motifs is 1. The van der Waals surface area contributed by atoms with Gasteiger partial charge in [-0.2, -0.15) is 10.1 Å². The predicted molar refractivity (Wildman–Crippen MR) is 130 cm³/mol. The fraction of sp³-hybridized carbons (Fsp3) is 0.500. The normalized spacial score (nSPS) is 16.5. The van der Waals surface area contributed by atoms with E-state index >= 15 is 0 Å². The summed E-state index contributed by atoms with van der Waals surface area (Å²) in [5, 5.41) is 8.04. The average Bonchev–Trinajstić information content (AvgIpc) is 3.44. The fourth-order valence-electron chi connectivity index (χ4n) is 4.12. The van der Waals surface area contributed by atoms with Crippen molar-refractivity contribution in [2.75, 3.05) is 25.6 Å². The molecule has 3 aromatic rings. The van der Waals surface area contributed by atoms with Crippen LogP contribution in [0.15, 0.2) is 18.2 Å². The van der Waals surface area contributed by atoms with Crippen LogP contribution in [0.4, 0.5) is 5.13 Å². The van der Waals surface area contributed by atoms with Gasteiger partial charge in [0.2, 0.25) is 0 Å². The van der Waals surface area contributed by atoms with Crippen LogP contribution >= 0.6 is 11.3 Å². The summed E-state index contributed by atoms with van der Waals surface area (Å²) in [6.07, 6.45) is 1.87. The molecule has 176 valence electrons. The van der Waals surface area contributed by atoms with Crippen LogP contribution < -0.4 is 5.32 Å². The van der Waals surface area contributed by atoms with Gasteiger partial charge in [0.15, 0.2) is 16.5 Å². The van der Waals surface area contributed by atoms with Crippen molar-refractivity contribution < 1.29 is 14.3 Å². The Morgan fingerprint density at radius 2 is 2.00 bits per heavy atom. The van der Waals surface area contributed by atoms with Gasteiger partial charge in [-0.05, 0) is 70.7 Å². The van der Waals surface area contributed by atoms with Crippen LogP contribution in [0.5, 0.6) is 0 Å². The van der Waals surface area contributed by atoms with Crippen molar-refractivity contribution in [3.63, 3.8) is 0 Å². The van der Waals surface area contributed by atoms with Gasteiger partial charge in [-0.3, -0.25) is 14.9 Å². The van der Waals surface area contributed by atoms with Crippen molar-refractivity contribution in [2.45, 2.75) is 59.0 Å². The van der Waals surface area contributed by atoms with Crippen LogP contribution in [0.2, 0.25) is 0 Å². The first-order valence-electron chi connectivity index (χ1n) is 11.2. The number of hydrogen-bond donors (Lipinski definition) is 1. The molecule has 1 aromatic carbocycles. The molecule has 1 atom stereocenters. The molecule has 0 spiro atoms. The predicted octanol–water partition coefficient (Wildman–Crippen LogP) is 4.37. The molecule has 8 nitrogen and oxygen atoms in total. The van der Waals surface area contributed by atoms with Gasteiger partial charge >= 0.3 is 0 Å². The minimum absolute atomic E-state index is 0.0502. The third-order valence-electron chi connectivity index (χ3n) is 6.05. The number of rotatable bonds is 5. The number of aryl methyl sites for hydroxylation is 2. The third kappa shape index (κ3) is 4.52. The van der Waals surface area contributed by atoms with Gasteiger partial charge in [0.05, 0.1) is 18.2 Å². The zero-order chi connectivity index (χ0) is 23.9. The summed E-state index contributed by atoms with van der Waals surface area (Å²) in [7, 11) is 1.65. The average molecular weight is 470 g/mol. The quantitative estimate of drug-likeness (QED) is 0.599. The van der Waals surface area contributed by atoms with Gasteiger partial charge in [-0.1, -0.05) is 17.4 Å². The Bertz CT molecular complexity index is 1210. The summed E-state index contributed by atoms with van der Waals surface area (Å²) >= 11 is 1.29. The lowest BCUT2D eigenvalue weighted by molar-refractivity contribution is 0.0625. The number of hydrogen-bond acceptors (Lipinski definition) is 6. The van der Waals surface area contributed by atoms with Crippen LogP contribution in [-0.2, 0) is 10.3 Å². The van der Waals surface area contributed by atoms with E-state index in [-0.39, 0.29) is 23.4 Å². The number of carbonyl (C=O) groups is 2. The first kappa shape index (κ1) is 23.4. The molecule has 1 fully saturated rings. The second-order valence-corrected chi connectivity index (χ2v) is 10.6. The van der Waals surface area contributed by atoms with Gasteiger partial charge in [0, 0.05) is 19.2 Å². The lowest BCUT2D eigenvalue weighted by Gasteiger charge is -2.23. The van der Waals surface area contributed by atoms with Crippen molar-refractivity contribution >= 4 is 38.6 Å². The van der Waals surface area contributed by atoms with Gasteiger partial charge in [0.25, 0.3) is 11.8 Å². The van der Waals surface area contributed by atoms with E-state index in [0.717, 1.165) is 24.0 Å². The molecule has 0 unspecified atom stereocenters. The molecule has 1 saturated heterocycles. The molecule has 3 heterocycles. The molecule has 1 aliphatic heterocycles. The number of carbonyl (C=O) groups excluding carboxylic acids is 2. The zero-order valence-corrected chi connectivity index (χ0v) is 20.9. The van der Waals surface area contributed by atoms with Crippen LogP contribution in [0.25, 0.3) is 10.3 Å². The van der Waals surface area contributed by atoms with Crippen molar-refractivity contribution in [1.29, 1.82) is 0 Å². The molecule has 33 heavy (non-hydrogen) atoms. The van der Waals surface area contributed by atoms with E-state index in [0.29, 0.717) is 39.9 Å². The molecule has 2 aromatic heterocycles. The maximum Gasteiger partial charge on any atom is 0.276 e. The van der Waals surface area contributed by atoms with E-state index in [1.165, 1.54) is 11.3 Å². The number of nitrogens with one attached hydrogen (secondary N) is 1. The Morgan fingerprint density at radius 3 is 2.67 bits per heavy atom. The number of benzene rings is 1. The highest BCUT2D eigenvalue weighted by Crippen LogP contribution is 2.34. The molecule has 0 bridgehead atoms. The van der Waals surface area contributed by atoms with Gasteiger partial charge in [-0.15, -0.1) is 0 Å². The summed E-state index contributed by atoms with van der Waals surface area (Å²) in [5.41, 5.74) is 3.37. The molecule has 0 aliphatic carbocycles. The van der Waals surface area contributed by atoms with E-state index in [1.54, 1.807) is 17.9 Å². The smallest absolute Gasteiger partial charge is 0.276 e. The number of amides is 2. The van der Waals surface area contributed by atoms with E-state index in [2.05, 4.69) is 15.4 Å². The number of ether oxygens (including phenoxy) is 1. The molecule has 2 amide bonds. The lowest BCUT2D eigenvalue weighted by atomic mass is 10.1. The lowest BCUT2D eigenvalue weighted by Crippen LogP contribution is -2.38. The monoisotopic (exact) mass is 469 g/mol. The minimum atomic E-state index is -0.378. The molecule has 4 rings (SSSR count). The van der Waals surface area contributed by atoms with E-state index in [4.69, 9.17) is 4.74 Å². The molecule has 1 aliphatic rings. The molecule has 9 heteroatoms. The highest BCUT2D eigenvalue weighted by molar-refractivity contribution is 7.22. The summed E-state index contributed by atoms with van der Waals surface area (Å²) in [6, 6.07) is 5.66. The second-order valence-electron chi connectivity index (χ2n) is 9.61. The Kier molecular flexibility index (Phi) is 6.28. The van der Waals surface area contributed by atoms with Gasteiger partial charge in [0.1, 0.15) is 4.70 Å². The van der Waals surface area contributed by atoms with E-state index in [9.17, 15) is 9.59 Å². The van der Waals surface area contributed by atoms with Gasteiger partial charge in [-0.25, -0.2) is 4.68 Å². The molecular weight excluding hydrogens is 438 g/mol. The maximum atomic E-state index is 13.5. The Hall–Kier alpha value is -2.78. The first-order valence-corrected chi connectivity index (χ1v) is 12.0. The number of methoxy groups -OCH3 is 1. The van der Waals surface area contributed by atoms with Crippen molar-refractivity contribution in [3.05, 3.63) is 40.6 Å². The second kappa shape index (κ2) is 8.87. The van der Waals surface area contributed by atoms with Crippen molar-refractivity contribution in [2.24, 2.45) is 0 Å². The van der Waals surface area contributed by atoms with Gasteiger partial charge < -0.3 is 9.64 Å². The Labute approximate surface area is 197 Å². The molecule has 0 radical (unpaired) electrons. The Balaban J connectivity index is 1.69.